The summed E-state index contributed by atoms with van der Waals surface area (Å²) in [5.74, 6) is -0.297. The number of imidazole rings is 1. The topological polar surface area (TPSA) is 66.0 Å². The standard InChI is InChI=1S/C12H7ClN2O2S/c13-7-3-4-18-10(7)11-14-8-2-1-6(12(16)17)5-9(8)15-11/h1-5H,(H,14,15)(H,16,17). The Balaban J connectivity index is 2.17. The monoisotopic (exact) mass is 278 g/mol. The van der Waals surface area contributed by atoms with E-state index < -0.39 is 5.97 Å². The first-order valence-corrected chi connectivity index (χ1v) is 6.37. The lowest BCUT2D eigenvalue weighted by molar-refractivity contribution is 0.0697. The van der Waals surface area contributed by atoms with Gasteiger partial charge in [0.25, 0.3) is 0 Å². The Morgan fingerprint density at radius 3 is 2.89 bits per heavy atom. The van der Waals surface area contributed by atoms with Gasteiger partial charge in [-0.05, 0) is 29.6 Å². The van der Waals surface area contributed by atoms with Crippen LogP contribution in [0.25, 0.3) is 21.7 Å². The second kappa shape index (κ2) is 4.12. The molecule has 0 unspecified atom stereocenters. The lowest BCUT2D eigenvalue weighted by atomic mass is 10.2. The zero-order chi connectivity index (χ0) is 12.7. The lowest BCUT2D eigenvalue weighted by Gasteiger charge is -1.92. The number of aromatic nitrogens is 2. The molecule has 90 valence electrons. The third kappa shape index (κ3) is 1.77. The molecule has 0 aliphatic carbocycles. The van der Waals surface area contributed by atoms with Crippen LogP contribution in [0, 0.1) is 0 Å². The summed E-state index contributed by atoms with van der Waals surface area (Å²) in [5, 5.41) is 11.4. The summed E-state index contributed by atoms with van der Waals surface area (Å²) in [6, 6.07) is 6.58. The highest BCUT2D eigenvalue weighted by molar-refractivity contribution is 7.14. The van der Waals surface area contributed by atoms with Crippen molar-refractivity contribution in [2.75, 3.05) is 0 Å². The molecule has 0 saturated carbocycles. The predicted molar refractivity (Wildman–Crippen MR) is 71.4 cm³/mol. The Bertz CT molecular complexity index is 747. The summed E-state index contributed by atoms with van der Waals surface area (Å²) in [4.78, 5) is 19.2. The largest absolute Gasteiger partial charge is 0.478 e. The number of hydrogen-bond donors (Lipinski definition) is 2. The Hall–Kier alpha value is -1.85. The molecule has 3 rings (SSSR count). The van der Waals surface area contributed by atoms with Gasteiger partial charge in [-0.25, -0.2) is 9.78 Å². The van der Waals surface area contributed by atoms with Crippen molar-refractivity contribution in [1.82, 2.24) is 9.97 Å². The van der Waals surface area contributed by atoms with E-state index in [-0.39, 0.29) is 5.56 Å². The summed E-state index contributed by atoms with van der Waals surface area (Å²) < 4.78 is 0. The summed E-state index contributed by atoms with van der Waals surface area (Å²) in [7, 11) is 0. The number of aromatic amines is 1. The number of thiophene rings is 1. The normalized spacial score (nSPS) is 10.9. The molecule has 4 nitrogen and oxygen atoms in total. The van der Waals surface area contributed by atoms with Crippen LogP contribution in [0.3, 0.4) is 0 Å². The van der Waals surface area contributed by atoms with Crippen molar-refractivity contribution in [1.29, 1.82) is 0 Å². The molecular formula is C12H7ClN2O2S. The highest BCUT2D eigenvalue weighted by Crippen LogP contribution is 2.32. The molecule has 0 fully saturated rings. The summed E-state index contributed by atoms with van der Waals surface area (Å²) in [5.41, 5.74) is 1.64. The quantitative estimate of drug-likeness (QED) is 0.752. The second-order valence-corrected chi connectivity index (χ2v) is 5.04. The smallest absolute Gasteiger partial charge is 0.335 e. The number of fused-ring (bicyclic) bond motifs is 1. The molecule has 18 heavy (non-hydrogen) atoms. The SMILES string of the molecule is O=C(O)c1ccc2nc(-c3sccc3Cl)[nH]c2c1. The zero-order valence-corrected chi connectivity index (χ0v) is 10.5. The molecule has 6 heteroatoms. The summed E-state index contributed by atoms with van der Waals surface area (Å²) in [6.45, 7) is 0. The van der Waals surface area contributed by atoms with Crippen LogP contribution in [0.15, 0.2) is 29.6 Å². The van der Waals surface area contributed by atoms with Crippen molar-refractivity contribution in [2.45, 2.75) is 0 Å². The number of nitrogens with zero attached hydrogens (tertiary/aromatic N) is 1. The summed E-state index contributed by atoms with van der Waals surface area (Å²) >= 11 is 7.53. The van der Waals surface area contributed by atoms with Crippen molar-refractivity contribution < 1.29 is 9.90 Å². The number of aromatic carboxylic acids is 1. The average Bonchev–Trinajstić information content (AvgIpc) is 2.92. The van der Waals surface area contributed by atoms with Crippen LogP contribution in [-0.4, -0.2) is 21.0 Å². The number of carboxylic acid groups (broad SMARTS) is 1. The van der Waals surface area contributed by atoms with Gasteiger partial charge in [0.15, 0.2) is 0 Å². The molecule has 1 aromatic carbocycles. The number of carboxylic acids is 1. The molecule has 0 aliphatic heterocycles. The average molecular weight is 279 g/mol. The van der Waals surface area contributed by atoms with Crippen molar-refractivity contribution in [3.63, 3.8) is 0 Å². The van der Waals surface area contributed by atoms with Crippen LogP contribution in [0.1, 0.15) is 10.4 Å². The maximum Gasteiger partial charge on any atom is 0.335 e. The van der Waals surface area contributed by atoms with Gasteiger partial charge in [0.2, 0.25) is 0 Å². The number of halogens is 1. The van der Waals surface area contributed by atoms with Crippen LogP contribution in [0.4, 0.5) is 0 Å². The van der Waals surface area contributed by atoms with E-state index in [0.29, 0.717) is 16.4 Å². The van der Waals surface area contributed by atoms with Gasteiger partial charge in [-0.15, -0.1) is 11.3 Å². The number of carbonyl (C=O) groups is 1. The van der Waals surface area contributed by atoms with Crippen LogP contribution in [0.2, 0.25) is 5.02 Å². The van der Waals surface area contributed by atoms with Gasteiger partial charge in [0, 0.05) is 0 Å². The van der Waals surface area contributed by atoms with E-state index in [0.717, 1.165) is 10.4 Å². The molecule has 0 bridgehead atoms. The highest BCUT2D eigenvalue weighted by Gasteiger charge is 2.11. The number of nitrogens with one attached hydrogen (secondary N) is 1. The van der Waals surface area contributed by atoms with E-state index in [4.69, 9.17) is 16.7 Å². The molecule has 0 aliphatic rings. The number of hydrogen-bond acceptors (Lipinski definition) is 3. The molecule has 0 saturated heterocycles. The third-order valence-electron chi connectivity index (χ3n) is 2.56. The zero-order valence-electron chi connectivity index (χ0n) is 8.98. The molecule has 2 N–H and O–H groups in total. The first-order valence-electron chi connectivity index (χ1n) is 5.11. The van der Waals surface area contributed by atoms with Gasteiger partial charge < -0.3 is 10.1 Å². The van der Waals surface area contributed by atoms with E-state index in [1.54, 1.807) is 18.2 Å². The lowest BCUT2D eigenvalue weighted by Crippen LogP contribution is -1.94. The molecule has 2 aromatic heterocycles. The molecular weight excluding hydrogens is 272 g/mol. The second-order valence-electron chi connectivity index (χ2n) is 3.72. The van der Waals surface area contributed by atoms with Crippen LogP contribution >= 0.6 is 22.9 Å². The van der Waals surface area contributed by atoms with Crippen molar-refractivity contribution >= 4 is 39.9 Å². The Morgan fingerprint density at radius 2 is 2.22 bits per heavy atom. The van der Waals surface area contributed by atoms with Gasteiger partial charge in [0.05, 0.1) is 26.5 Å². The van der Waals surface area contributed by atoms with Crippen molar-refractivity contribution in [3.8, 4) is 10.7 Å². The van der Waals surface area contributed by atoms with E-state index in [2.05, 4.69) is 9.97 Å². The third-order valence-corrected chi connectivity index (χ3v) is 3.91. The van der Waals surface area contributed by atoms with Gasteiger partial charge in [-0.3, -0.25) is 0 Å². The van der Waals surface area contributed by atoms with Crippen molar-refractivity contribution in [2.24, 2.45) is 0 Å². The highest BCUT2D eigenvalue weighted by atomic mass is 35.5. The fraction of sp³-hybridized carbons (Fsp3) is 0. The van der Waals surface area contributed by atoms with Gasteiger partial charge in [-0.2, -0.15) is 0 Å². The molecule has 2 heterocycles. The molecule has 0 atom stereocenters. The van der Waals surface area contributed by atoms with Crippen LogP contribution in [0.5, 0.6) is 0 Å². The predicted octanol–water partition coefficient (Wildman–Crippen LogP) is 3.64. The first kappa shape index (κ1) is 11.3. The molecule has 0 spiro atoms. The fourth-order valence-corrected chi connectivity index (χ4v) is 2.80. The summed E-state index contributed by atoms with van der Waals surface area (Å²) in [6.07, 6.45) is 0. The minimum absolute atomic E-state index is 0.231. The molecule has 0 amide bonds. The molecule has 0 radical (unpaired) electrons. The Kier molecular flexibility index (Phi) is 2.57. The number of rotatable bonds is 2. The van der Waals surface area contributed by atoms with Crippen LogP contribution < -0.4 is 0 Å². The number of benzene rings is 1. The molecule has 3 aromatic rings. The minimum Gasteiger partial charge on any atom is -0.478 e. The number of H-pyrrole nitrogens is 1. The van der Waals surface area contributed by atoms with E-state index in [1.807, 2.05) is 5.38 Å². The van der Waals surface area contributed by atoms with Gasteiger partial charge in [0.1, 0.15) is 5.82 Å². The fourth-order valence-electron chi connectivity index (χ4n) is 1.71. The Morgan fingerprint density at radius 1 is 1.39 bits per heavy atom. The first-order chi connectivity index (χ1) is 8.65. The Labute approximate surface area is 111 Å². The minimum atomic E-state index is -0.956. The maximum atomic E-state index is 10.9. The van der Waals surface area contributed by atoms with E-state index >= 15 is 0 Å². The maximum absolute atomic E-state index is 10.9. The van der Waals surface area contributed by atoms with E-state index in [1.165, 1.54) is 17.4 Å². The van der Waals surface area contributed by atoms with Gasteiger partial charge >= 0.3 is 5.97 Å². The van der Waals surface area contributed by atoms with E-state index in [9.17, 15) is 4.79 Å². The van der Waals surface area contributed by atoms with Gasteiger partial charge in [-0.1, -0.05) is 11.6 Å². The van der Waals surface area contributed by atoms with Crippen molar-refractivity contribution in [3.05, 3.63) is 40.2 Å². The van der Waals surface area contributed by atoms with Crippen LogP contribution in [-0.2, 0) is 0 Å².